The second kappa shape index (κ2) is 9.19. The molecule has 0 fully saturated rings. The van der Waals surface area contributed by atoms with Crippen LogP contribution in [0.5, 0.6) is 0 Å². The van der Waals surface area contributed by atoms with Gasteiger partial charge in [0.2, 0.25) is 0 Å². The van der Waals surface area contributed by atoms with Crippen LogP contribution in [-0.2, 0) is 13.6 Å². The number of aromatic nitrogens is 3. The second-order valence-corrected chi connectivity index (χ2v) is 5.98. The maximum atomic E-state index is 4.22. The van der Waals surface area contributed by atoms with Crippen molar-refractivity contribution >= 4 is 29.9 Å². The molecule has 0 amide bonds. The third-order valence-electron chi connectivity index (χ3n) is 2.92. The first-order valence-electron chi connectivity index (χ1n) is 6.76. The highest BCUT2D eigenvalue weighted by atomic mass is 127. The number of nitrogens with one attached hydrogen (secondary N) is 2. The van der Waals surface area contributed by atoms with Crippen LogP contribution < -0.4 is 10.6 Å². The van der Waals surface area contributed by atoms with Gasteiger partial charge in [-0.1, -0.05) is 13.8 Å². The van der Waals surface area contributed by atoms with E-state index in [-0.39, 0.29) is 29.4 Å². The molecule has 0 saturated carbocycles. The van der Waals surface area contributed by atoms with Gasteiger partial charge in [-0.3, -0.25) is 9.67 Å². The molecule has 122 valence electrons. The first-order valence-corrected chi connectivity index (χ1v) is 6.76. The number of hydrogen-bond donors (Lipinski definition) is 2. The van der Waals surface area contributed by atoms with Crippen molar-refractivity contribution in [2.75, 3.05) is 34.2 Å². The van der Waals surface area contributed by atoms with E-state index in [4.69, 9.17) is 0 Å². The average Bonchev–Trinajstić information content (AvgIpc) is 2.73. The maximum absolute atomic E-state index is 4.22. The van der Waals surface area contributed by atoms with E-state index < -0.39 is 0 Å². The number of hydrogen-bond acceptors (Lipinski definition) is 4. The van der Waals surface area contributed by atoms with Crippen LogP contribution in [0.25, 0.3) is 0 Å². The third-order valence-corrected chi connectivity index (χ3v) is 2.92. The molecule has 0 atom stereocenters. The highest BCUT2D eigenvalue weighted by molar-refractivity contribution is 14.0. The molecule has 0 spiro atoms. The molecule has 2 N–H and O–H groups in total. The van der Waals surface area contributed by atoms with Crippen molar-refractivity contribution in [1.82, 2.24) is 30.3 Å². The summed E-state index contributed by atoms with van der Waals surface area (Å²) in [6, 6.07) is 0. The fourth-order valence-corrected chi connectivity index (χ4v) is 2.10. The molecule has 0 saturated heterocycles. The molecule has 0 unspecified atom stereocenters. The van der Waals surface area contributed by atoms with Gasteiger partial charge in [-0.2, -0.15) is 5.10 Å². The zero-order valence-electron chi connectivity index (χ0n) is 13.8. The number of nitrogens with zero attached hydrogens (tertiary/aromatic N) is 5. The summed E-state index contributed by atoms with van der Waals surface area (Å²) in [7, 11) is 7.82. The minimum Gasteiger partial charge on any atom is -0.356 e. The Morgan fingerprint density at radius 1 is 1.38 bits per heavy atom. The van der Waals surface area contributed by atoms with E-state index in [1.54, 1.807) is 18.1 Å². The Balaban J connectivity index is 0.00000400. The molecule has 0 bridgehead atoms. The molecule has 0 aliphatic carbocycles. The SMILES string of the molecule is CN=C(NCc1ncnn1C)NCC(C)(C)CN(C)C.I. The van der Waals surface area contributed by atoms with Gasteiger partial charge in [0.05, 0.1) is 6.54 Å². The summed E-state index contributed by atoms with van der Waals surface area (Å²) in [5, 5.41) is 10.6. The molecule has 1 aromatic rings. The smallest absolute Gasteiger partial charge is 0.191 e. The summed E-state index contributed by atoms with van der Waals surface area (Å²) in [5.41, 5.74) is 0.173. The molecule has 1 aromatic heterocycles. The van der Waals surface area contributed by atoms with Crippen LogP contribution in [-0.4, -0.2) is 59.9 Å². The molecule has 0 aliphatic heterocycles. The third kappa shape index (κ3) is 7.60. The standard InChI is InChI=1S/C13H27N7.HI/c1-13(2,9-19(4)5)8-16-12(14-3)15-7-11-17-10-18-20(11)6;/h10H,7-9H2,1-6H3,(H2,14,15,16);1H. The van der Waals surface area contributed by atoms with Crippen LogP contribution in [0.15, 0.2) is 11.3 Å². The Bertz CT molecular complexity index is 439. The number of guanidine groups is 1. The van der Waals surface area contributed by atoms with Crippen LogP contribution in [0.3, 0.4) is 0 Å². The summed E-state index contributed by atoms with van der Waals surface area (Å²) in [6.45, 7) is 6.93. The number of aliphatic imine (C=N–C) groups is 1. The molecule has 1 rings (SSSR count). The van der Waals surface area contributed by atoms with Gasteiger partial charge in [0.25, 0.3) is 0 Å². The molecule has 8 heteroatoms. The Hall–Kier alpha value is -0.900. The molecular weight excluding hydrogens is 381 g/mol. The molecule has 0 aliphatic rings. The number of aryl methyl sites for hydroxylation is 1. The van der Waals surface area contributed by atoms with Crippen molar-refractivity contribution in [1.29, 1.82) is 0 Å². The normalized spacial score (nSPS) is 12.2. The lowest BCUT2D eigenvalue weighted by atomic mass is 9.93. The Labute approximate surface area is 144 Å². The predicted octanol–water partition coefficient (Wildman–Crippen LogP) is 0.686. The lowest BCUT2D eigenvalue weighted by Crippen LogP contribution is -2.44. The van der Waals surface area contributed by atoms with Crippen molar-refractivity contribution in [2.45, 2.75) is 20.4 Å². The van der Waals surface area contributed by atoms with Crippen LogP contribution in [0.2, 0.25) is 0 Å². The minimum atomic E-state index is 0. The number of rotatable bonds is 6. The zero-order valence-corrected chi connectivity index (χ0v) is 16.2. The lowest BCUT2D eigenvalue weighted by molar-refractivity contribution is 0.241. The van der Waals surface area contributed by atoms with Crippen LogP contribution in [0.1, 0.15) is 19.7 Å². The predicted molar refractivity (Wildman–Crippen MR) is 97.0 cm³/mol. The molecule has 7 nitrogen and oxygen atoms in total. The van der Waals surface area contributed by atoms with Crippen molar-refractivity contribution in [3.63, 3.8) is 0 Å². The van der Waals surface area contributed by atoms with Gasteiger partial charge in [0, 0.05) is 27.2 Å². The van der Waals surface area contributed by atoms with Crippen LogP contribution >= 0.6 is 24.0 Å². The lowest BCUT2D eigenvalue weighted by Gasteiger charge is -2.29. The Kier molecular flexibility index (Phi) is 8.79. The fraction of sp³-hybridized carbons (Fsp3) is 0.769. The fourth-order valence-electron chi connectivity index (χ4n) is 2.10. The van der Waals surface area contributed by atoms with Gasteiger partial charge >= 0.3 is 0 Å². The van der Waals surface area contributed by atoms with Crippen molar-refractivity contribution in [2.24, 2.45) is 17.5 Å². The van der Waals surface area contributed by atoms with Gasteiger partial charge < -0.3 is 15.5 Å². The monoisotopic (exact) mass is 409 g/mol. The first kappa shape index (κ1) is 20.1. The van der Waals surface area contributed by atoms with E-state index >= 15 is 0 Å². The van der Waals surface area contributed by atoms with Gasteiger partial charge in [0.15, 0.2) is 5.96 Å². The second-order valence-electron chi connectivity index (χ2n) is 5.98. The number of halogens is 1. The Morgan fingerprint density at radius 3 is 2.52 bits per heavy atom. The van der Waals surface area contributed by atoms with E-state index in [0.717, 1.165) is 24.9 Å². The van der Waals surface area contributed by atoms with Gasteiger partial charge in [-0.25, -0.2) is 4.98 Å². The molecule has 0 aromatic carbocycles. The minimum absolute atomic E-state index is 0. The van der Waals surface area contributed by atoms with E-state index in [9.17, 15) is 0 Å². The average molecular weight is 409 g/mol. The van der Waals surface area contributed by atoms with Crippen molar-refractivity contribution in [3.05, 3.63) is 12.2 Å². The zero-order chi connectivity index (χ0) is 15.2. The summed E-state index contributed by atoms with van der Waals surface area (Å²) in [5.74, 6) is 1.65. The summed E-state index contributed by atoms with van der Waals surface area (Å²) < 4.78 is 1.75. The molecular formula is C13H28IN7. The van der Waals surface area contributed by atoms with E-state index in [2.05, 4.69) is 58.6 Å². The topological polar surface area (TPSA) is 70.4 Å². The van der Waals surface area contributed by atoms with Gasteiger partial charge in [-0.15, -0.1) is 24.0 Å². The van der Waals surface area contributed by atoms with Crippen LogP contribution in [0, 0.1) is 5.41 Å². The first-order chi connectivity index (χ1) is 9.34. The van der Waals surface area contributed by atoms with Gasteiger partial charge in [-0.05, 0) is 19.5 Å². The van der Waals surface area contributed by atoms with Crippen molar-refractivity contribution < 1.29 is 0 Å². The summed E-state index contributed by atoms with van der Waals surface area (Å²) >= 11 is 0. The molecule has 0 radical (unpaired) electrons. The molecule has 21 heavy (non-hydrogen) atoms. The van der Waals surface area contributed by atoms with Crippen molar-refractivity contribution in [3.8, 4) is 0 Å². The van der Waals surface area contributed by atoms with Crippen LogP contribution in [0.4, 0.5) is 0 Å². The summed E-state index contributed by atoms with van der Waals surface area (Å²) in [4.78, 5) is 10.6. The highest BCUT2D eigenvalue weighted by Gasteiger charge is 2.19. The van der Waals surface area contributed by atoms with Gasteiger partial charge in [0.1, 0.15) is 12.2 Å². The quantitative estimate of drug-likeness (QED) is 0.411. The van der Waals surface area contributed by atoms with E-state index in [1.807, 2.05) is 7.05 Å². The highest BCUT2D eigenvalue weighted by Crippen LogP contribution is 2.13. The summed E-state index contributed by atoms with van der Waals surface area (Å²) in [6.07, 6.45) is 1.55. The van der Waals surface area contributed by atoms with E-state index in [1.165, 1.54) is 0 Å². The maximum Gasteiger partial charge on any atom is 0.191 e. The van der Waals surface area contributed by atoms with E-state index in [0.29, 0.717) is 6.54 Å². The largest absolute Gasteiger partial charge is 0.356 e. The Morgan fingerprint density at radius 2 is 2.05 bits per heavy atom. The molecule has 1 heterocycles.